The minimum absolute atomic E-state index is 0.602. The number of methoxy groups -OCH3 is 2. The fourth-order valence-corrected chi connectivity index (χ4v) is 3.01. The maximum absolute atomic E-state index is 5.53. The molecule has 1 aliphatic heterocycles. The van der Waals surface area contributed by atoms with Crippen LogP contribution in [0.15, 0.2) is 6.07 Å². The van der Waals surface area contributed by atoms with E-state index < -0.39 is 0 Å². The van der Waals surface area contributed by atoms with Crippen LogP contribution in [-0.2, 0) is 6.42 Å². The second-order valence-corrected chi connectivity index (χ2v) is 5.40. The molecule has 1 aromatic carbocycles. The molecule has 0 aliphatic carbocycles. The summed E-state index contributed by atoms with van der Waals surface area (Å²) in [5.41, 5.74) is 3.72. The second-order valence-electron chi connectivity index (χ2n) is 5.40. The molecule has 1 heterocycles. The summed E-state index contributed by atoms with van der Waals surface area (Å²) in [6.45, 7) is 5.35. The number of rotatable bonds is 4. The number of piperidine rings is 1. The molecule has 1 N–H and O–H groups in total. The van der Waals surface area contributed by atoms with Crippen molar-refractivity contribution in [3.05, 3.63) is 22.8 Å². The van der Waals surface area contributed by atoms with Gasteiger partial charge in [0.15, 0.2) is 11.5 Å². The number of benzene rings is 1. The lowest BCUT2D eigenvalue weighted by atomic mass is 9.93. The van der Waals surface area contributed by atoms with E-state index in [0.29, 0.717) is 6.04 Å². The van der Waals surface area contributed by atoms with Crippen molar-refractivity contribution < 1.29 is 9.47 Å². The summed E-state index contributed by atoms with van der Waals surface area (Å²) in [5.74, 6) is 1.74. The van der Waals surface area contributed by atoms with Gasteiger partial charge in [-0.2, -0.15) is 0 Å². The summed E-state index contributed by atoms with van der Waals surface area (Å²) in [4.78, 5) is 0. The number of hydrogen-bond acceptors (Lipinski definition) is 3. The average molecular weight is 263 g/mol. The Hall–Kier alpha value is -1.22. The molecule has 2 rings (SSSR count). The molecule has 3 heteroatoms. The molecular weight excluding hydrogens is 238 g/mol. The first-order valence-electron chi connectivity index (χ1n) is 7.11. The molecule has 0 radical (unpaired) electrons. The lowest BCUT2D eigenvalue weighted by Crippen LogP contribution is -2.35. The zero-order valence-electron chi connectivity index (χ0n) is 12.5. The van der Waals surface area contributed by atoms with Crippen molar-refractivity contribution in [3.8, 4) is 11.5 Å². The standard InChI is InChI=1S/C16H25NO2/c1-11-9-13(10-14-7-5-6-8-17-14)12(2)16(19-4)15(11)18-3/h9,14,17H,5-8,10H2,1-4H3. The van der Waals surface area contributed by atoms with Gasteiger partial charge in [0, 0.05) is 6.04 Å². The van der Waals surface area contributed by atoms with E-state index in [1.165, 1.54) is 30.4 Å². The third-order valence-electron chi connectivity index (χ3n) is 4.06. The largest absolute Gasteiger partial charge is 0.493 e. The maximum Gasteiger partial charge on any atom is 0.164 e. The van der Waals surface area contributed by atoms with Gasteiger partial charge in [0.1, 0.15) is 0 Å². The Morgan fingerprint density at radius 2 is 1.89 bits per heavy atom. The molecule has 3 nitrogen and oxygen atoms in total. The summed E-state index contributed by atoms with van der Waals surface area (Å²) in [5, 5.41) is 3.61. The molecule has 1 saturated heterocycles. The van der Waals surface area contributed by atoms with Gasteiger partial charge < -0.3 is 14.8 Å². The summed E-state index contributed by atoms with van der Waals surface area (Å²) in [7, 11) is 3.42. The molecular formula is C16H25NO2. The molecule has 1 unspecified atom stereocenters. The van der Waals surface area contributed by atoms with Crippen molar-refractivity contribution in [1.29, 1.82) is 0 Å². The van der Waals surface area contributed by atoms with E-state index in [4.69, 9.17) is 9.47 Å². The van der Waals surface area contributed by atoms with Crippen molar-refractivity contribution in [2.75, 3.05) is 20.8 Å². The normalized spacial score (nSPS) is 19.3. The highest BCUT2D eigenvalue weighted by Gasteiger charge is 2.19. The third kappa shape index (κ3) is 3.03. The predicted octanol–water partition coefficient (Wildman–Crippen LogP) is 3.01. The van der Waals surface area contributed by atoms with E-state index in [0.717, 1.165) is 30.0 Å². The second kappa shape index (κ2) is 6.29. The Morgan fingerprint density at radius 1 is 1.16 bits per heavy atom. The van der Waals surface area contributed by atoms with E-state index >= 15 is 0 Å². The number of aryl methyl sites for hydroxylation is 1. The Bertz CT molecular complexity index is 437. The van der Waals surface area contributed by atoms with E-state index in [9.17, 15) is 0 Å². The number of hydrogen-bond donors (Lipinski definition) is 1. The third-order valence-corrected chi connectivity index (χ3v) is 4.06. The number of ether oxygens (including phenoxy) is 2. The summed E-state index contributed by atoms with van der Waals surface area (Å²) in [6.07, 6.45) is 4.99. The molecule has 106 valence electrons. The monoisotopic (exact) mass is 263 g/mol. The highest BCUT2D eigenvalue weighted by molar-refractivity contribution is 5.54. The minimum Gasteiger partial charge on any atom is -0.493 e. The Balaban J connectivity index is 2.27. The van der Waals surface area contributed by atoms with Gasteiger partial charge in [0.05, 0.1) is 14.2 Å². The van der Waals surface area contributed by atoms with Gasteiger partial charge in [0.2, 0.25) is 0 Å². The van der Waals surface area contributed by atoms with E-state index in [1.807, 2.05) is 0 Å². The van der Waals surface area contributed by atoms with Crippen LogP contribution < -0.4 is 14.8 Å². The predicted molar refractivity (Wildman–Crippen MR) is 78.4 cm³/mol. The lowest BCUT2D eigenvalue weighted by molar-refractivity contribution is 0.349. The van der Waals surface area contributed by atoms with Gasteiger partial charge in [-0.25, -0.2) is 0 Å². The fourth-order valence-electron chi connectivity index (χ4n) is 3.01. The molecule has 1 aromatic rings. The van der Waals surface area contributed by atoms with Gasteiger partial charge in [-0.15, -0.1) is 0 Å². The van der Waals surface area contributed by atoms with Crippen LogP contribution in [0.25, 0.3) is 0 Å². The molecule has 1 fully saturated rings. The van der Waals surface area contributed by atoms with Crippen LogP contribution in [0.4, 0.5) is 0 Å². The molecule has 0 aromatic heterocycles. The zero-order valence-corrected chi connectivity index (χ0v) is 12.5. The molecule has 0 saturated carbocycles. The molecule has 0 amide bonds. The van der Waals surface area contributed by atoms with Gasteiger partial charge in [-0.3, -0.25) is 0 Å². The van der Waals surface area contributed by atoms with Crippen molar-refractivity contribution in [1.82, 2.24) is 5.32 Å². The van der Waals surface area contributed by atoms with Gasteiger partial charge in [0.25, 0.3) is 0 Å². The Morgan fingerprint density at radius 3 is 2.47 bits per heavy atom. The quantitative estimate of drug-likeness (QED) is 0.906. The topological polar surface area (TPSA) is 30.5 Å². The highest BCUT2D eigenvalue weighted by atomic mass is 16.5. The van der Waals surface area contributed by atoms with Crippen molar-refractivity contribution in [3.63, 3.8) is 0 Å². The SMILES string of the molecule is COc1c(C)cc(CC2CCCCN2)c(C)c1OC. The van der Waals surface area contributed by atoms with Crippen molar-refractivity contribution in [2.24, 2.45) is 0 Å². The summed E-state index contributed by atoms with van der Waals surface area (Å²) < 4.78 is 11.0. The van der Waals surface area contributed by atoms with Crippen LogP contribution in [0.5, 0.6) is 11.5 Å². The molecule has 0 spiro atoms. The van der Waals surface area contributed by atoms with E-state index in [1.54, 1.807) is 14.2 Å². The van der Waals surface area contributed by atoms with Crippen molar-refractivity contribution >= 4 is 0 Å². The lowest BCUT2D eigenvalue weighted by Gasteiger charge is -2.25. The van der Waals surface area contributed by atoms with E-state index in [2.05, 4.69) is 25.2 Å². The first-order valence-corrected chi connectivity index (χ1v) is 7.11. The molecule has 1 atom stereocenters. The van der Waals surface area contributed by atoms with Gasteiger partial charge in [-0.1, -0.05) is 12.5 Å². The first-order chi connectivity index (χ1) is 9.17. The molecule has 19 heavy (non-hydrogen) atoms. The van der Waals surface area contributed by atoms with Crippen LogP contribution in [-0.4, -0.2) is 26.8 Å². The van der Waals surface area contributed by atoms with Crippen LogP contribution in [0, 0.1) is 13.8 Å². The molecule has 1 aliphatic rings. The highest BCUT2D eigenvalue weighted by Crippen LogP contribution is 2.36. The average Bonchev–Trinajstić information content (AvgIpc) is 2.43. The summed E-state index contributed by atoms with van der Waals surface area (Å²) >= 11 is 0. The van der Waals surface area contributed by atoms with Crippen LogP contribution in [0.2, 0.25) is 0 Å². The Kier molecular flexibility index (Phi) is 4.70. The van der Waals surface area contributed by atoms with E-state index in [-0.39, 0.29) is 0 Å². The van der Waals surface area contributed by atoms with Crippen LogP contribution >= 0.6 is 0 Å². The van der Waals surface area contributed by atoms with Crippen LogP contribution in [0.3, 0.4) is 0 Å². The Labute approximate surface area is 116 Å². The van der Waals surface area contributed by atoms with Crippen molar-refractivity contribution in [2.45, 2.75) is 45.6 Å². The minimum atomic E-state index is 0.602. The zero-order chi connectivity index (χ0) is 13.8. The fraction of sp³-hybridized carbons (Fsp3) is 0.625. The number of nitrogens with one attached hydrogen (secondary N) is 1. The van der Waals surface area contributed by atoms with Gasteiger partial charge >= 0.3 is 0 Å². The van der Waals surface area contributed by atoms with Gasteiger partial charge in [-0.05, 0) is 56.3 Å². The first kappa shape index (κ1) is 14.2. The summed E-state index contributed by atoms with van der Waals surface area (Å²) in [6, 6.07) is 2.84. The smallest absolute Gasteiger partial charge is 0.164 e. The molecule has 0 bridgehead atoms. The maximum atomic E-state index is 5.53. The van der Waals surface area contributed by atoms with Crippen LogP contribution in [0.1, 0.15) is 36.0 Å².